The molecule has 124 valence electrons. The van der Waals surface area contributed by atoms with Gasteiger partial charge in [-0.15, -0.1) is 12.4 Å². The number of rotatable bonds is 5. The van der Waals surface area contributed by atoms with Crippen LogP contribution >= 0.6 is 12.4 Å². The summed E-state index contributed by atoms with van der Waals surface area (Å²) in [6.07, 6.45) is 1.35. The Hall–Kier alpha value is -1.60. The predicted molar refractivity (Wildman–Crippen MR) is 84.0 cm³/mol. The summed E-state index contributed by atoms with van der Waals surface area (Å²) < 4.78 is 4.75. The molecular formula is C14H23ClN4O3. The summed E-state index contributed by atoms with van der Waals surface area (Å²) in [6.45, 7) is 5.46. The van der Waals surface area contributed by atoms with E-state index in [0.717, 1.165) is 24.2 Å². The van der Waals surface area contributed by atoms with Crippen molar-refractivity contribution in [3.8, 4) is 0 Å². The van der Waals surface area contributed by atoms with Crippen LogP contribution in [0.5, 0.6) is 0 Å². The molecule has 0 aliphatic carbocycles. The monoisotopic (exact) mass is 330 g/mol. The third kappa shape index (κ3) is 4.20. The Labute approximate surface area is 136 Å². The average molecular weight is 331 g/mol. The van der Waals surface area contributed by atoms with Crippen molar-refractivity contribution in [2.45, 2.75) is 39.3 Å². The normalized spacial score (nSPS) is 14.7. The van der Waals surface area contributed by atoms with Crippen molar-refractivity contribution in [3.63, 3.8) is 0 Å². The molecule has 1 unspecified atom stereocenters. The maximum Gasteiger partial charge on any atom is 0.328 e. The number of carbonyl (C=O) groups excluding carboxylic acids is 2. The maximum absolute atomic E-state index is 12.4. The molecule has 1 aromatic rings. The van der Waals surface area contributed by atoms with E-state index in [1.807, 2.05) is 13.8 Å². The van der Waals surface area contributed by atoms with Crippen molar-refractivity contribution >= 4 is 24.3 Å². The van der Waals surface area contributed by atoms with E-state index in [0.29, 0.717) is 18.7 Å². The second-order valence-corrected chi connectivity index (χ2v) is 5.63. The molecule has 1 atom stereocenters. The number of halogens is 1. The highest BCUT2D eigenvalue weighted by molar-refractivity contribution is 5.96. The molecule has 0 aromatic carbocycles. The highest BCUT2D eigenvalue weighted by atomic mass is 35.5. The van der Waals surface area contributed by atoms with Crippen LogP contribution in [-0.2, 0) is 22.5 Å². The molecule has 2 heterocycles. The second-order valence-electron chi connectivity index (χ2n) is 5.63. The van der Waals surface area contributed by atoms with Crippen LogP contribution in [0.3, 0.4) is 0 Å². The Morgan fingerprint density at radius 1 is 1.41 bits per heavy atom. The molecule has 2 rings (SSSR count). The minimum absolute atomic E-state index is 0. The van der Waals surface area contributed by atoms with Gasteiger partial charge in [0.15, 0.2) is 5.69 Å². The number of hydrogen-bond donors (Lipinski definition) is 3. The molecule has 1 aliphatic heterocycles. The molecule has 0 fully saturated rings. The Morgan fingerprint density at radius 2 is 2.14 bits per heavy atom. The first-order valence-electron chi connectivity index (χ1n) is 7.18. The molecule has 1 aromatic heterocycles. The molecule has 7 nitrogen and oxygen atoms in total. The van der Waals surface area contributed by atoms with Crippen LogP contribution in [0.15, 0.2) is 0 Å². The van der Waals surface area contributed by atoms with Crippen molar-refractivity contribution in [1.29, 1.82) is 0 Å². The highest BCUT2D eigenvalue weighted by Crippen LogP contribution is 2.16. The molecule has 0 saturated carbocycles. The topological polar surface area (TPSA) is 96.1 Å². The average Bonchev–Trinajstić information content (AvgIpc) is 2.89. The molecule has 1 amide bonds. The third-order valence-electron chi connectivity index (χ3n) is 3.52. The maximum atomic E-state index is 12.4. The van der Waals surface area contributed by atoms with Crippen LogP contribution in [-0.4, -0.2) is 41.8 Å². The largest absolute Gasteiger partial charge is 0.467 e. The number of aromatic amines is 1. The molecule has 1 aliphatic rings. The van der Waals surface area contributed by atoms with Gasteiger partial charge in [0.2, 0.25) is 0 Å². The molecule has 0 saturated heterocycles. The Kier molecular flexibility index (Phi) is 6.83. The first-order chi connectivity index (χ1) is 10.0. The van der Waals surface area contributed by atoms with E-state index in [2.05, 4.69) is 20.8 Å². The van der Waals surface area contributed by atoms with Crippen molar-refractivity contribution in [1.82, 2.24) is 20.8 Å². The molecule has 3 N–H and O–H groups in total. The second kappa shape index (κ2) is 8.14. The van der Waals surface area contributed by atoms with E-state index >= 15 is 0 Å². The number of esters is 1. The van der Waals surface area contributed by atoms with E-state index in [1.54, 1.807) is 0 Å². The van der Waals surface area contributed by atoms with Gasteiger partial charge in [0.05, 0.1) is 7.11 Å². The zero-order valence-corrected chi connectivity index (χ0v) is 13.9. The summed E-state index contributed by atoms with van der Waals surface area (Å²) in [4.78, 5) is 24.1. The standard InChI is InChI=1S/C14H22N4O3.ClH/c1-8(2)6-11(14(20)21-3)16-13(19)12-9-7-15-5-4-10(9)17-18-12;/h8,11,15H,4-7H2,1-3H3,(H,16,19)(H,17,18);1H. The summed E-state index contributed by atoms with van der Waals surface area (Å²) in [6, 6.07) is -0.647. The molecule has 0 bridgehead atoms. The molecule has 22 heavy (non-hydrogen) atoms. The zero-order valence-electron chi connectivity index (χ0n) is 13.1. The van der Waals surface area contributed by atoms with Crippen molar-refractivity contribution in [3.05, 3.63) is 17.0 Å². The quantitative estimate of drug-likeness (QED) is 0.694. The number of hydrogen-bond acceptors (Lipinski definition) is 5. The highest BCUT2D eigenvalue weighted by Gasteiger charge is 2.27. The minimum atomic E-state index is -0.647. The third-order valence-corrected chi connectivity index (χ3v) is 3.52. The van der Waals surface area contributed by atoms with Gasteiger partial charge >= 0.3 is 5.97 Å². The number of carbonyl (C=O) groups is 2. The fraction of sp³-hybridized carbons (Fsp3) is 0.643. The van der Waals surface area contributed by atoms with Crippen LogP contribution in [0.2, 0.25) is 0 Å². The Balaban J connectivity index is 0.00000242. The summed E-state index contributed by atoms with van der Waals surface area (Å²) in [5.41, 5.74) is 2.22. The van der Waals surface area contributed by atoms with E-state index in [-0.39, 0.29) is 24.2 Å². The summed E-state index contributed by atoms with van der Waals surface area (Å²) in [5.74, 6) is -0.504. The van der Waals surface area contributed by atoms with E-state index in [9.17, 15) is 9.59 Å². The van der Waals surface area contributed by atoms with Crippen LogP contribution < -0.4 is 10.6 Å². The number of aromatic nitrogens is 2. The van der Waals surface area contributed by atoms with Gasteiger partial charge in [-0.25, -0.2) is 4.79 Å². The van der Waals surface area contributed by atoms with Crippen molar-refractivity contribution < 1.29 is 14.3 Å². The summed E-state index contributed by atoms with van der Waals surface area (Å²) in [5, 5.41) is 12.9. The minimum Gasteiger partial charge on any atom is -0.467 e. The van der Waals surface area contributed by atoms with Crippen LogP contribution in [0.25, 0.3) is 0 Å². The Morgan fingerprint density at radius 3 is 2.77 bits per heavy atom. The first-order valence-corrected chi connectivity index (χ1v) is 7.18. The van der Waals surface area contributed by atoms with Crippen LogP contribution in [0, 0.1) is 5.92 Å². The number of ether oxygens (including phenoxy) is 1. The summed E-state index contributed by atoms with van der Waals surface area (Å²) >= 11 is 0. The van der Waals surface area contributed by atoms with Gasteiger partial charge in [-0.05, 0) is 12.3 Å². The molecule has 0 spiro atoms. The lowest BCUT2D eigenvalue weighted by molar-refractivity contribution is -0.143. The van der Waals surface area contributed by atoms with Gasteiger partial charge in [0.25, 0.3) is 5.91 Å². The van der Waals surface area contributed by atoms with E-state index in [4.69, 9.17) is 4.74 Å². The lowest BCUT2D eigenvalue weighted by Gasteiger charge is -2.18. The van der Waals surface area contributed by atoms with Gasteiger partial charge in [-0.1, -0.05) is 13.8 Å². The molecule has 0 radical (unpaired) electrons. The van der Waals surface area contributed by atoms with Gasteiger partial charge in [0.1, 0.15) is 6.04 Å². The van der Waals surface area contributed by atoms with E-state index in [1.165, 1.54) is 7.11 Å². The fourth-order valence-electron chi connectivity index (χ4n) is 2.47. The number of fused-ring (bicyclic) bond motifs is 1. The number of amides is 1. The van der Waals surface area contributed by atoms with Gasteiger partial charge in [-0.2, -0.15) is 5.10 Å². The van der Waals surface area contributed by atoms with Crippen LogP contribution in [0.1, 0.15) is 42.0 Å². The predicted octanol–water partition coefficient (Wildman–Crippen LogP) is 0.795. The first kappa shape index (κ1) is 18.4. The lowest BCUT2D eigenvalue weighted by atomic mass is 10.0. The fourth-order valence-corrected chi connectivity index (χ4v) is 2.47. The molecule has 8 heteroatoms. The Bertz CT molecular complexity index is 530. The number of methoxy groups -OCH3 is 1. The molecular weight excluding hydrogens is 308 g/mol. The van der Waals surface area contributed by atoms with Gasteiger partial charge in [0, 0.05) is 30.8 Å². The number of nitrogens with zero attached hydrogens (tertiary/aromatic N) is 1. The SMILES string of the molecule is COC(=O)C(CC(C)C)NC(=O)c1n[nH]c2c1CNCC2.Cl. The number of H-pyrrole nitrogens is 1. The van der Waals surface area contributed by atoms with Gasteiger partial charge in [-0.3, -0.25) is 9.89 Å². The van der Waals surface area contributed by atoms with Crippen molar-refractivity contribution in [2.75, 3.05) is 13.7 Å². The lowest BCUT2D eigenvalue weighted by Crippen LogP contribution is -2.43. The zero-order chi connectivity index (χ0) is 15.4. The van der Waals surface area contributed by atoms with Crippen LogP contribution in [0.4, 0.5) is 0 Å². The van der Waals surface area contributed by atoms with E-state index < -0.39 is 12.0 Å². The van der Waals surface area contributed by atoms with Gasteiger partial charge < -0.3 is 15.4 Å². The smallest absolute Gasteiger partial charge is 0.328 e. The summed E-state index contributed by atoms with van der Waals surface area (Å²) in [7, 11) is 1.32. The number of nitrogens with one attached hydrogen (secondary N) is 3. The van der Waals surface area contributed by atoms with Crippen molar-refractivity contribution in [2.24, 2.45) is 5.92 Å².